The SMILES string of the molecule is CN1[OH+]N(c2[c-]c(N(c3[c-]c4c(cc3)c3ccccc3n4-c3cc(-c4ccccc4)ccn3)c3ccccc3)ccc2)c2ccccc21.[Pt]. The van der Waals surface area contributed by atoms with Gasteiger partial charge in [0.1, 0.15) is 17.2 Å². The number of para-hydroxylation sites is 4. The molecule has 240 valence electrons. The Kier molecular flexibility index (Phi) is 7.96. The van der Waals surface area contributed by atoms with E-state index >= 15 is 0 Å². The van der Waals surface area contributed by atoms with Gasteiger partial charge >= 0.3 is 0 Å². The van der Waals surface area contributed by atoms with Crippen LogP contribution < -0.4 is 15.0 Å². The van der Waals surface area contributed by atoms with Crippen LogP contribution in [-0.4, -0.2) is 21.5 Å². The van der Waals surface area contributed by atoms with Gasteiger partial charge in [0, 0.05) is 44.2 Å². The number of hydrogen-bond acceptors (Lipinski definition) is 4. The quantitative estimate of drug-likeness (QED) is 0.124. The fourth-order valence-corrected chi connectivity index (χ4v) is 6.61. The summed E-state index contributed by atoms with van der Waals surface area (Å²) in [7, 11) is 1.96. The van der Waals surface area contributed by atoms with E-state index in [1.165, 1.54) is 0 Å². The van der Waals surface area contributed by atoms with E-state index in [1.807, 2.05) is 53.7 Å². The van der Waals surface area contributed by atoms with E-state index in [1.54, 1.807) is 0 Å². The maximum absolute atomic E-state index is 4.88. The molecule has 8 aromatic rings. The second-order valence-corrected chi connectivity index (χ2v) is 11.7. The van der Waals surface area contributed by atoms with Crippen LogP contribution in [0.1, 0.15) is 0 Å². The summed E-state index contributed by atoms with van der Waals surface area (Å²) >= 11 is 0. The standard InChI is InChI=1S/C42H29N5O.Pt/c1-44-39-21-10-11-22-40(39)47(48-44)35-18-12-17-33(28-35)45(32-15-6-3-7-16-32)34-23-24-37-36-19-8-9-20-38(36)46(41(37)29-34)42-27-31(25-26-43-42)30-13-4-2-5-14-30;/h2-27H,1H3;/q-2;/p+1. The summed E-state index contributed by atoms with van der Waals surface area (Å²) in [5, 5.41) is 6.10. The van der Waals surface area contributed by atoms with E-state index in [9.17, 15) is 0 Å². The Morgan fingerprint density at radius 3 is 2.16 bits per heavy atom. The molecule has 2 aromatic heterocycles. The van der Waals surface area contributed by atoms with Crippen LogP contribution in [-0.2, 0) is 21.1 Å². The van der Waals surface area contributed by atoms with Crippen LogP contribution >= 0.6 is 0 Å². The third-order valence-corrected chi connectivity index (χ3v) is 8.82. The molecule has 0 saturated carbocycles. The maximum Gasteiger partial charge on any atom is 0.145 e. The van der Waals surface area contributed by atoms with Crippen LogP contribution in [0.3, 0.4) is 0 Å². The first-order valence-electron chi connectivity index (χ1n) is 15.9. The number of nitrogens with zero attached hydrogens (tertiary/aromatic N) is 5. The number of fused-ring (bicyclic) bond motifs is 4. The van der Waals surface area contributed by atoms with Gasteiger partial charge in [-0.25, -0.2) is 4.98 Å². The third kappa shape index (κ3) is 5.36. The molecule has 0 aliphatic carbocycles. The number of anilines is 6. The van der Waals surface area contributed by atoms with E-state index in [0.717, 1.165) is 72.9 Å². The van der Waals surface area contributed by atoms with Crippen LogP contribution in [0.15, 0.2) is 158 Å². The van der Waals surface area contributed by atoms with Gasteiger partial charge in [-0.3, -0.25) is 0 Å². The van der Waals surface area contributed by atoms with Crippen LogP contribution in [0.5, 0.6) is 0 Å². The van der Waals surface area contributed by atoms with Crippen molar-refractivity contribution in [3.63, 3.8) is 0 Å². The topological polar surface area (TPSA) is 40.3 Å². The van der Waals surface area contributed by atoms with Gasteiger partial charge in [0.25, 0.3) is 0 Å². The monoisotopic (exact) mass is 815 g/mol. The van der Waals surface area contributed by atoms with Crippen molar-refractivity contribution in [1.29, 1.82) is 0 Å². The molecule has 0 amide bonds. The molecule has 3 heterocycles. The van der Waals surface area contributed by atoms with E-state index < -0.39 is 0 Å². The summed E-state index contributed by atoms with van der Waals surface area (Å²) in [6, 6.07) is 59.8. The second kappa shape index (κ2) is 12.7. The number of rotatable bonds is 6. The normalized spacial score (nSPS) is 12.3. The molecule has 0 atom stereocenters. The summed E-state index contributed by atoms with van der Waals surface area (Å²) in [6.07, 6.45) is 1.89. The van der Waals surface area contributed by atoms with Crippen LogP contribution in [0.2, 0.25) is 0 Å². The summed E-state index contributed by atoms with van der Waals surface area (Å²) < 4.78 is 2.22. The Hall–Kier alpha value is -5.68. The van der Waals surface area contributed by atoms with Gasteiger partial charge in [-0.05, 0) is 59.0 Å². The molecule has 49 heavy (non-hydrogen) atoms. The van der Waals surface area contributed by atoms with Crippen LogP contribution in [0.4, 0.5) is 34.1 Å². The van der Waals surface area contributed by atoms with Crippen molar-refractivity contribution in [3.8, 4) is 16.9 Å². The number of hydroxylamine groups is 1. The molecule has 7 heteroatoms. The fraction of sp³-hybridized carbons (Fsp3) is 0.0238. The molecule has 0 fully saturated rings. The molecule has 0 bridgehead atoms. The van der Waals surface area contributed by atoms with Crippen molar-refractivity contribution in [2.45, 2.75) is 0 Å². The van der Waals surface area contributed by atoms with E-state index in [2.05, 4.69) is 143 Å². The predicted molar refractivity (Wildman–Crippen MR) is 195 cm³/mol. The minimum absolute atomic E-state index is 0. The smallest absolute Gasteiger partial charge is 0.145 e. The largest absolute Gasteiger partial charge is 0.358 e. The zero-order valence-electron chi connectivity index (χ0n) is 26.5. The summed E-state index contributed by atoms with van der Waals surface area (Å²) in [5.74, 6) is 0.842. The fourth-order valence-electron chi connectivity index (χ4n) is 6.61. The molecular formula is C42H30N5OPt-. The Balaban J connectivity index is 0.00000348. The van der Waals surface area contributed by atoms with Gasteiger partial charge in [-0.2, -0.15) is 17.1 Å². The second-order valence-electron chi connectivity index (χ2n) is 11.7. The molecule has 1 aliphatic rings. The first-order chi connectivity index (χ1) is 23.7. The zero-order chi connectivity index (χ0) is 32.0. The van der Waals surface area contributed by atoms with E-state index in [-0.39, 0.29) is 21.1 Å². The molecule has 6 aromatic carbocycles. The molecule has 1 aliphatic heterocycles. The van der Waals surface area contributed by atoms with Gasteiger partial charge in [0.15, 0.2) is 0 Å². The minimum atomic E-state index is 0. The molecule has 0 spiro atoms. The zero-order valence-corrected chi connectivity index (χ0v) is 28.8. The van der Waals surface area contributed by atoms with Crippen molar-refractivity contribution in [2.24, 2.45) is 0 Å². The number of pyridine rings is 1. The average molecular weight is 816 g/mol. The summed E-state index contributed by atoms with van der Waals surface area (Å²) in [6.45, 7) is 0. The van der Waals surface area contributed by atoms with Crippen molar-refractivity contribution < 1.29 is 26.0 Å². The van der Waals surface area contributed by atoms with Crippen molar-refractivity contribution in [1.82, 2.24) is 9.55 Å². The molecule has 0 radical (unpaired) electrons. The Labute approximate surface area is 299 Å². The third-order valence-electron chi connectivity index (χ3n) is 8.82. The van der Waals surface area contributed by atoms with Crippen molar-refractivity contribution in [2.75, 3.05) is 22.1 Å². The first-order valence-corrected chi connectivity index (χ1v) is 15.9. The van der Waals surface area contributed by atoms with Gasteiger partial charge < -0.3 is 9.47 Å². The summed E-state index contributed by atoms with van der Waals surface area (Å²) in [5.41, 5.74) is 9.98. The molecule has 0 saturated heterocycles. The van der Waals surface area contributed by atoms with Gasteiger partial charge in [-0.15, -0.1) is 45.8 Å². The molecule has 0 unspecified atom stereocenters. The summed E-state index contributed by atoms with van der Waals surface area (Å²) in [4.78, 5) is 11.9. The number of benzene rings is 6. The molecule has 9 rings (SSSR count). The Bertz CT molecular complexity index is 2430. The van der Waals surface area contributed by atoms with E-state index in [0.29, 0.717) is 0 Å². The van der Waals surface area contributed by atoms with Gasteiger partial charge in [0.2, 0.25) is 0 Å². The minimum Gasteiger partial charge on any atom is -0.358 e. The molecular weight excluding hydrogens is 786 g/mol. The number of hydrogen-bond donors (Lipinski definition) is 0. The van der Waals surface area contributed by atoms with Crippen LogP contribution in [0, 0.1) is 12.1 Å². The van der Waals surface area contributed by atoms with E-state index in [4.69, 9.17) is 9.92 Å². The molecule has 1 N–H and O–H groups in total. The van der Waals surface area contributed by atoms with Crippen LogP contribution in [0.25, 0.3) is 38.8 Å². The average Bonchev–Trinajstić information content (AvgIpc) is 3.67. The first kappa shape index (κ1) is 30.6. The van der Waals surface area contributed by atoms with Gasteiger partial charge in [0.05, 0.1) is 7.05 Å². The maximum atomic E-state index is 4.88. The van der Waals surface area contributed by atoms with Crippen molar-refractivity contribution >= 4 is 55.9 Å². The molecule has 6 nitrogen and oxygen atoms in total. The van der Waals surface area contributed by atoms with Crippen molar-refractivity contribution in [3.05, 3.63) is 170 Å². The Morgan fingerprint density at radius 2 is 1.33 bits per heavy atom. The Morgan fingerprint density at radius 1 is 0.612 bits per heavy atom. The number of aromatic nitrogens is 2. The predicted octanol–water partition coefficient (Wildman–Crippen LogP) is 10.3. The van der Waals surface area contributed by atoms with Gasteiger partial charge in [-0.1, -0.05) is 95.8 Å².